The first kappa shape index (κ1) is 15.5. The predicted molar refractivity (Wildman–Crippen MR) is 87.5 cm³/mol. The van der Waals surface area contributed by atoms with E-state index >= 15 is 0 Å². The van der Waals surface area contributed by atoms with Gasteiger partial charge in [0.2, 0.25) is 0 Å². The summed E-state index contributed by atoms with van der Waals surface area (Å²) >= 11 is 0. The van der Waals surface area contributed by atoms with Gasteiger partial charge in [0.15, 0.2) is 0 Å². The molecule has 1 aliphatic carbocycles. The molecule has 0 radical (unpaired) electrons. The molecule has 1 saturated carbocycles. The van der Waals surface area contributed by atoms with Crippen molar-refractivity contribution in [2.45, 2.75) is 31.3 Å². The zero-order valence-corrected chi connectivity index (χ0v) is 12.8. The molecule has 23 heavy (non-hydrogen) atoms. The van der Waals surface area contributed by atoms with Crippen molar-refractivity contribution >= 4 is 5.91 Å². The first-order valence-corrected chi connectivity index (χ1v) is 7.84. The molecular weight excluding hydrogens is 292 g/mol. The summed E-state index contributed by atoms with van der Waals surface area (Å²) in [6.07, 6.45) is 3.37. The van der Waals surface area contributed by atoms with Crippen LogP contribution in [-0.2, 0) is 6.54 Å². The number of carbonyl (C=O) groups is 1. The number of aliphatic hydroxyl groups is 1. The number of benzene rings is 1. The Hall–Kier alpha value is -2.40. The van der Waals surface area contributed by atoms with Crippen LogP contribution in [0.1, 0.15) is 34.7 Å². The zero-order valence-electron chi connectivity index (χ0n) is 12.8. The van der Waals surface area contributed by atoms with E-state index in [4.69, 9.17) is 5.11 Å². The number of carbonyl (C=O) groups excluding carboxylic acids is 1. The van der Waals surface area contributed by atoms with Crippen molar-refractivity contribution in [1.29, 1.82) is 0 Å². The molecule has 1 heterocycles. The van der Waals surface area contributed by atoms with E-state index in [2.05, 4.69) is 17.4 Å². The van der Waals surface area contributed by atoms with Gasteiger partial charge < -0.3 is 15.0 Å². The standard InChI is InChI=1S/C18H20N2O3/c21-9-8-20-12-14(6-7-17(20)22)18(23)19-16-10-15(11-16)13-4-2-1-3-5-13/h1-7,12,15-16,21H,8-11H2,(H,19,23). The molecule has 1 aromatic carbocycles. The molecule has 2 aromatic rings. The molecule has 120 valence electrons. The second-order valence-electron chi connectivity index (χ2n) is 5.92. The molecule has 1 aromatic heterocycles. The molecular formula is C18H20N2O3. The Balaban J connectivity index is 1.59. The van der Waals surface area contributed by atoms with Crippen molar-refractivity contribution in [2.75, 3.05) is 6.61 Å². The third-order valence-electron chi connectivity index (χ3n) is 4.33. The summed E-state index contributed by atoms with van der Waals surface area (Å²) in [7, 11) is 0. The van der Waals surface area contributed by atoms with Gasteiger partial charge in [-0.2, -0.15) is 0 Å². The molecule has 2 N–H and O–H groups in total. The minimum absolute atomic E-state index is 0.133. The highest BCUT2D eigenvalue weighted by molar-refractivity contribution is 5.94. The molecule has 1 amide bonds. The van der Waals surface area contributed by atoms with Gasteiger partial charge in [-0.1, -0.05) is 30.3 Å². The second kappa shape index (κ2) is 6.79. The lowest BCUT2D eigenvalue weighted by atomic mass is 9.76. The first-order valence-electron chi connectivity index (χ1n) is 7.84. The van der Waals surface area contributed by atoms with E-state index in [1.807, 2.05) is 18.2 Å². The Morgan fingerprint density at radius 2 is 1.91 bits per heavy atom. The average molecular weight is 312 g/mol. The predicted octanol–water partition coefficient (Wildman–Crippen LogP) is 1.52. The summed E-state index contributed by atoms with van der Waals surface area (Å²) in [5, 5.41) is 11.9. The normalized spacial score (nSPS) is 19.9. The molecule has 0 unspecified atom stereocenters. The third-order valence-corrected chi connectivity index (χ3v) is 4.33. The number of nitrogens with zero attached hydrogens (tertiary/aromatic N) is 1. The monoisotopic (exact) mass is 312 g/mol. The van der Waals surface area contributed by atoms with E-state index < -0.39 is 0 Å². The molecule has 0 aliphatic heterocycles. The smallest absolute Gasteiger partial charge is 0.252 e. The lowest BCUT2D eigenvalue weighted by Crippen LogP contribution is -2.43. The van der Waals surface area contributed by atoms with Crippen LogP contribution in [0.4, 0.5) is 0 Å². The van der Waals surface area contributed by atoms with Gasteiger partial charge in [-0.3, -0.25) is 9.59 Å². The number of aliphatic hydroxyl groups excluding tert-OH is 1. The van der Waals surface area contributed by atoms with Crippen LogP contribution in [0.2, 0.25) is 0 Å². The molecule has 0 saturated heterocycles. The Labute approximate surface area is 134 Å². The molecule has 0 bridgehead atoms. The Bertz CT molecular complexity index is 733. The van der Waals surface area contributed by atoms with Gasteiger partial charge in [-0.15, -0.1) is 0 Å². The van der Waals surface area contributed by atoms with E-state index in [1.165, 1.54) is 28.5 Å². The largest absolute Gasteiger partial charge is 0.395 e. The van der Waals surface area contributed by atoms with E-state index in [0.717, 1.165) is 12.8 Å². The Morgan fingerprint density at radius 1 is 1.17 bits per heavy atom. The number of aromatic nitrogens is 1. The highest BCUT2D eigenvalue weighted by Gasteiger charge is 2.31. The van der Waals surface area contributed by atoms with Crippen LogP contribution in [0.25, 0.3) is 0 Å². The van der Waals surface area contributed by atoms with Crippen LogP contribution >= 0.6 is 0 Å². The topological polar surface area (TPSA) is 71.3 Å². The first-order chi connectivity index (χ1) is 11.2. The summed E-state index contributed by atoms with van der Waals surface area (Å²) in [6.45, 7) is 0.0613. The zero-order chi connectivity index (χ0) is 16.2. The van der Waals surface area contributed by atoms with Gasteiger partial charge in [-0.25, -0.2) is 0 Å². The van der Waals surface area contributed by atoms with Gasteiger partial charge in [0.25, 0.3) is 11.5 Å². The van der Waals surface area contributed by atoms with Crippen molar-refractivity contribution < 1.29 is 9.90 Å². The molecule has 1 fully saturated rings. The molecule has 5 heteroatoms. The quantitative estimate of drug-likeness (QED) is 0.879. The van der Waals surface area contributed by atoms with E-state index in [9.17, 15) is 9.59 Å². The van der Waals surface area contributed by atoms with Crippen LogP contribution in [0.3, 0.4) is 0 Å². The molecule has 5 nitrogen and oxygen atoms in total. The molecule has 0 spiro atoms. The van der Waals surface area contributed by atoms with Crippen molar-refractivity contribution in [2.24, 2.45) is 0 Å². The van der Waals surface area contributed by atoms with E-state index in [-0.39, 0.29) is 30.7 Å². The molecule has 0 atom stereocenters. The van der Waals surface area contributed by atoms with Crippen molar-refractivity contribution in [3.8, 4) is 0 Å². The maximum Gasteiger partial charge on any atom is 0.252 e. The molecule has 3 rings (SSSR count). The summed E-state index contributed by atoms with van der Waals surface area (Å²) < 4.78 is 1.35. The summed E-state index contributed by atoms with van der Waals surface area (Å²) in [6, 6.07) is 13.4. The summed E-state index contributed by atoms with van der Waals surface area (Å²) in [5.74, 6) is 0.332. The van der Waals surface area contributed by atoms with Gasteiger partial charge in [0, 0.05) is 24.8 Å². The van der Waals surface area contributed by atoms with Crippen molar-refractivity contribution in [1.82, 2.24) is 9.88 Å². The fourth-order valence-electron chi connectivity index (χ4n) is 2.95. The fraction of sp³-hybridized carbons (Fsp3) is 0.333. The highest BCUT2D eigenvalue weighted by atomic mass is 16.3. The number of nitrogens with one attached hydrogen (secondary N) is 1. The maximum absolute atomic E-state index is 12.3. The van der Waals surface area contributed by atoms with E-state index in [1.54, 1.807) is 0 Å². The minimum atomic E-state index is -0.219. The van der Waals surface area contributed by atoms with Crippen LogP contribution in [-0.4, -0.2) is 28.2 Å². The number of rotatable bonds is 5. The highest BCUT2D eigenvalue weighted by Crippen LogP contribution is 2.36. The van der Waals surface area contributed by atoms with Crippen molar-refractivity contribution in [3.63, 3.8) is 0 Å². The second-order valence-corrected chi connectivity index (χ2v) is 5.92. The maximum atomic E-state index is 12.3. The van der Waals surface area contributed by atoms with Crippen LogP contribution in [0, 0.1) is 0 Å². The minimum Gasteiger partial charge on any atom is -0.395 e. The summed E-state index contributed by atoms with van der Waals surface area (Å²) in [4.78, 5) is 23.9. The van der Waals surface area contributed by atoms with Crippen LogP contribution in [0.15, 0.2) is 53.5 Å². The average Bonchev–Trinajstić information content (AvgIpc) is 2.53. The van der Waals surface area contributed by atoms with Gasteiger partial charge in [0.1, 0.15) is 0 Å². The SMILES string of the molecule is O=C(NC1CC(c2ccccc2)C1)c1ccc(=O)n(CCO)c1. The Kier molecular flexibility index (Phi) is 4.57. The van der Waals surface area contributed by atoms with Crippen LogP contribution < -0.4 is 10.9 Å². The van der Waals surface area contributed by atoms with Gasteiger partial charge >= 0.3 is 0 Å². The number of pyridine rings is 1. The molecule has 1 aliphatic rings. The van der Waals surface area contributed by atoms with Crippen molar-refractivity contribution in [3.05, 3.63) is 70.1 Å². The number of amides is 1. The van der Waals surface area contributed by atoms with Gasteiger partial charge in [0.05, 0.1) is 12.2 Å². The number of hydrogen-bond acceptors (Lipinski definition) is 3. The lowest BCUT2D eigenvalue weighted by Gasteiger charge is -2.36. The van der Waals surface area contributed by atoms with E-state index in [0.29, 0.717) is 11.5 Å². The lowest BCUT2D eigenvalue weighted by molar-refractivity contribution is 0.0908. The number of hydrogen-bond donors (Lipinski definition) is 2. The third kappa shape index (κ3) is 3.51. The summed E-state index contributed by atoms with van der Waals surface area (Å²) in [5.41, 5.74) is 1.54. The van der Waals surface area contributed by atoms with Gasteiger partial charge in [-0.05, 0) is 30.4 Å². The Morgan fingerprint density at radius 3 is 2.61 bits per heavy atom. The fourth-order valence-corrected chi connectivity index (χ4v) is 2.95. The van der Waals surface area contributed by atoms with Crippen LogP contribution in [0.5, 0.6) is 0 Å².